The van der Waals surface area contributed by atoms with Crippen LogP contribution < -0.4 is 14.8 Å². The summed E-state index contributed by atoms with van der Waals surface area (Å²) in [7, 11) is 1.49. The van der Waals surface area contributed by atoms with Crippen LogP contribution in [0.4, 0.5) is 5.82 Å². The minimum Gasteiger partial charge on any atom is -0.493 e. The van der Waals surface area contributed by atoms with E-state index in [0.29, 0.717) is 28.4 Å². The largest absolute Gasteiger partial charge is 0.493 e. The van der Waals surface area contributed by atoms with E-state index in [4.69, 9.17) is 14.2 Å². The topological polar surface area (TPSA) is 91.7 Å². The van der Waals surface area contributed by atoms with Gasteiger partial charge in [-0.2, -0.15) is 5.10 Å². The van der Waals surface area contributed by atoms with Gasteiger partial charge in [0, 0.05) is 12.1 Å². The highest BCUT2D eigenvalue weighted by atomic mass is 79.9. The lowest BCUT2D eigenvalue weighted by atomic mass is 10.2. The summed E-state index contributed by atoms with van der Waals surface area (Å²) in [5.41, 5.74) is 0.240. The maximum absolute atomic E-state index is 12.5. The third-order valence-corrected chi connectivity index (χ3v) is 4.57. The Morgan fingerprint density at radius 1 is 1.28 bits per heavy atom. The smallest absolute Gasteiger partial charge is 0.339 e. The number of anilines is 1. The van der Waals surface area contributed by atoms with E-state index in [0.717, 1.165) is 6.42 Å². The lowest BCUT2D eigenvalue weighted by Gasteiger charge is -2.17. The molecule has 158 valence electrons. The lowest BCUT2D eigenvalue weighted by Crippen LogP contribution is -2.31. The molecule has 1 N–H and O–H groups in total. The van der Waals surface area contributed by atoms with Crippen molar-refractivity contribution >= 4 is 33.6 Å². The van der Waals surface area contributed by atoms with Crippen LogP contribution in [0, 0.1) is 0 Å². The van der Waals surface area contributed by atoms with E-state index in [-0.39, 0.29) is 11.6 Å². The number of amides is 1. The molecule has 2 aromatic rings. The van der Waals surface area contributed by atoms with Gasteiger partial charge in [0.05, 0.1) is 29.9 Å². The third-order valence-electron chi connectivity index (χ3n) is 3.98. The number of benzene rings is 1. The number of hydrogen-bond acceptors (Lipinski definition) is 6. The summed E-state index contributed by atoms with van der Waals surface area (Å²) in [6.07, 6.45) is 1.43. The number of rotatable bonds is 9. The fourth-order valence-electron chi connectivity index (χ4n) is 2.52. The first kappa shape index (κ1) is 22.7. The standard InChI is InChI=1S/C20H26BrN3O5/c1-6-9-28-18-15(21)10-14(11-16(18)27-5)20(26)29-13(4)19(25)23-17-7-8-22-24(17)12(2)3/h7-8,10-13H,6,9H2,1-5H3,(H,23,25). The van der Waals surface area contributed by atoms with Gasteiger partial charge in [0.2, 0.25) is 0 Å². The van der Waals surface area contributed by atoms with E-state index < -0.39 is 18.0 Å². The normalized spacial score (nSPS) is 11.8. The lowest BCUT2D eigenvalue weighted by molar-refractivity contribution is -0.123. The summed E-state index contributed by atoms with van der Waals surface area (Å²) < 4.78 is 18.5. The molecule has 0 saturated carbocycles. The van der Waals surface area contributed by atoms with Crippen molar-refractivity contribution in [2.45, 2.75) is 46.3 Å². The SMILES string of the molecule is CCCOc1c(Br)cc(C(=O)OC(C)C(=O)Nc2ccnn2C(C)C)cc1OC. The Kier molecular flexibility index (Phi) is 8.07. The monoisotopic (exact) mass is 467 g/mol. The van der Waals surface area contributed by atoms with Crippen molar-refractivity contribution in [1.82, 2.24) is 9.78 Å². The molecule has 1 heterocycles. The number of carbonyl (C=O) groups is 2. The van der Waals surface area contributed by atoms with Gasteiger partial charge >= 0.3 is 5.97 Å². The Morgan fingerprint density at radius 3 is 2.62 bits per heavy atom. The van der Waals surface area contributed by atoms with E-state index in [9.17, 15) is 9.59 Å². The molecule has 1 aromatic carbocycles. The number of hydrogen-bond donors (Lipinski definition) is 1. The van der Waals surface area contributed by atoms with Crippen LogP contribution >= 0.6 is 15.9 Å². The minimum absolute atomic E-state index is 0.0800. The third kappa shape index (κ3) is 5.72. The highest BCUT2D eigenvalue weighted by molar-refractivity contribution is 9.10. The van der Waals surface area contributed by atoms with E-state index >= 15 is 0 Å². The number of ether oxygens (including phenoxy) is 3. The molecule has 29 heavy (non-hydrogen) atoms. The Hall–Kier alpha value is -2.55. The Labute approximate surface area is 178 Å². The van der Waals surface area contributed by atoms with Crippen molar-refractivity contribution in [3.05, 3.63) is 34.4 Å². The molecule has 2 rings (SSSR count). The summed E-state index contributed by atoms with van der Waals surface area (Å²) in [6.45, 7) is 7.92. The fourth-order valence-corrected chi connectivity index (χ4v) is 3.07. The Bertz CT molecular complexity index is 866. The second-order valence-corrected chi connectivity index (χ2v) is 7.48. The number of nitrogens with zero attached hydrogens (tertiary/aromatic N) is 2. The van der Waals surface area contributed by atoms with Crippen LogP contribution in [0.3, 0.4) is 0 Å². The average molecular weight is 468 g/mol. The van der Waals surface area contributed by atoms with Gasteiger partial charge in [-0.25, -0.2) is 9.48 Å². The van der Waals surface area contributed by atoms with Gasteiger partial charge in [-0.15, -0.1) is 0 Å². The number of nitrogens with one attached hydrogen (secondary N) is 1. The second kappa shape index (κ2) is 10.3. The van der Waals surface area contributed by atoms with Crippen LogP contribution in [0.15, 0.2) is 28.9 Å². The van der Waals surface area contributed by atoms with Crippen molar-refractivity contribution in [3.63, 3.8) is 0 Å². The Balaban J connectivity index is 2.09. The van der Waals surface area contributed by atoms with Crippen LogP contribution in [0.1, 0.15) is 50.5 Å². The number of esters is 1. The molecule has 0 aliphatic rings. The van der Waals surface area contributed by atoms with Crippen molar-refractivity contribution in [2.75, 3.05) is 19.0 Å². The molecule has 1 amide bonds. The molecule has 0 fully saturated rings. The van der Waals surface area contributed by atoms with Gasteiger partial charge < -0.3 is 19.5 Å². The average Bonchev–Trinajstić information content (AvgIpc) is 3.14. The van der Waals surface area contributed by atoms with Crippen molar-refractivity contribution in [1.29, 1.82) is 0 Å². The zero-order chi connectivity index (χ0) is 21.6. The van der Waals surface area contributed by atoms with E-state index in [1.54, 1.807) is 23.0 Å². The molecule has 1 unspecified atom stereocenters. The summed E-state index contributed by atoms with van der Waals surface area (Å²) in [6, 6.07) is 4.87. The summed E-state index contributed by atoms with van der Waals surface area (Å²) in [5.74, 6) is 0.354. The van der Waals surface area contributed by atoms with Crippen molar-refractivity contribution in [2.24, 2.45) is 0 Å². The molecule has 0 saturated heterocycles. The predicted octanol–water partition coefficient (Wildman–Crippen LogP) is 4.21. The second-order valence-electron chi connectivity index (χ2n) is 6.63. The number of carbonyl (C=O) groups excluding carboxylic acids is 2. The summed E-state index contributed by atoms with van der Waals surface area (Å²) in [4.78, 5) is 25.0. The quantitative estimate of drug-likeness (QED) is 0.555. The van der Waals surface area contributed by atoms with Crippen molar-refractivity contribution in [3.8, 4) is 11.5 Å². The van der Waals surface area contributed by atoms with Gasteiger partial charge in [-0.05, 0) is 55.3 Å². The zero-order valence-electron chi connectivity index (χ0n) is 17.2. The van der Waals surface area contributed by atoms with Gasteiger partial charge in [0.1, 0.15) is 5.82 Å². The molecule has 0 radical (unpaired) electrons. The van der Waals surface area contributed by atoms with E-state index in [1.165, 1.54) is 20.1 Å². The first-order valence-corrected chi connectivity index (χ1v) is 10.1. The Morgan fingerprint density at radius 2 is 2.00 bits per heavy atom. The van der Waals surface area contributed by atoms with Crippen LogP contribution in [0.25, 0.3) is 0 Å². The van der Waals surface area contributed by atoms with Gasteiger partial charge in [0.25, 0.3) is 5.91 Å². The van der Waals surface area contributed by atoms with Gasteiger partial charge in [-0.1, -0.05) is 6.92 Å². The van der Waals surface area contributed by atoms with Crippen LogP contribution in [0.5, 0.6) is 11.5 Å². The maximum atomic E-state index is 12.5. The van der Waals surface area contributed by atoms with Gasteiger partial charge in [0.15, 0.2) is 17.6 Å². The number of aromatic nitrogens is 2. The van der Waals surface area contributed by atoms with Crippen LogP contribution in [-0.4, -0.2) is 41.5 Å². The first-order chi connectivity index (χ1) is 13.8. The first-order valence-electron chi connectivity index (χ1n) is 9.34. The summed E-state index contributed by atoms with van der Waals surface area (Å²) >= 11 is 3.39. The number of halogens is 1. The minimum atomic E-state index is -1.00. The molecule has 1 aromatic heterocycles. The number of methoxy groups -OCH3 is 1. The molecular weight excluding hydrogens is 442 g/mol. The highest BCUT2D eigenvalue weighted by Crippen LogP contribution is 2.37. The predicted molar refractivity (Wildman–Crippen MR) is 113 cm³/mol. The molecule has 0 spiro atoms. The molecule has 0 aliphatic heterocycles. The maximum Gasteiger partial charge on any atom is 0.339 e. The molecule has 0 aliphatic carbocycles. The molecule has 9 heteroatoms. The van der Waals surface area contributed by atoms with E-state index in [1.807, 2.05) is 20.8 Å². The fraction of sp³-hybridized carbons (Fsp3) is 0.450. The molecular formula is C20H26BrN3O5. The molecule has 8 nitrogen and oxygen atoms in total. The molecule has 0 bridgehead atoms. The van der Waals surface area contributed by atoms with Crippen LogP contribution in [0.2, 0.25) is 0 Å². The van der Waals surface area contributed by atoms with Gasteiger partial charge in [-0.3, -0.25) is 4.79 Å². The summed E-state index contributed by atoms with van der Waals surface area (Å²) in [5, 5.41) is 6.88. The molecule has 1 atom stereocenters. The zero-order valence-corrected chi connectivity index (χ0v) is 18.8. The van der Waals surface area contributed by atoms with Crippen LogP contribution in [-0.2, 0) is 9.53 Å². The van der Waals surface area contributed by atoms with Crippen molar-refractivity contribution < 1.29 is 23.8 Å². The van der Waals surface area contributed by atoms with E-state index in [2.05, 4.69) is 26.3 Å². The highest BCUT2D eigenvalue weighted by Gasteiger charge is 2.22.